The Balaban J connectivity index is 1.81. The summed E-state index contributed by atoms with van der Waals surface area (Å²) in [6.07, 6.45) is 0. The minimum absolute atomic E-state index is 0.464. The Morgan fingerprint density at radius 1 is 1.50 bits per heavy atom. The summed E-state index contributed by atoms with van der Waals surface area (Å²) in [5.41, 5.74) is 0. The van der Waals surface area contributed by atoms with Gasteiger partial charge in [-0.05, 0) is 0 Å². The molecule has 0 aliphatic carbocycles. The first kappa shape index (κ1) is 11.7. The van der Waals surface area contributed by atoms with Crippen LogP contribution in [0.5, 0.6) is 0 Å². The molecule has 16 heavy (non-hydrogen) atoms. The van der Waals surface area contributed by atoms with Crippen LogP contribution in [0.3, 0.4) is 0 Å². The van der Waals surface area contributed by atoms with E-state index in [1.807, 2.05) is 0 Å². The van der Waals surface area contributed by atoms with Gasteiger partial charge in [0, 0.05) is 31.7 Å². The molecule has 1 aromatic rings. The van der Waals surface area contributed by atoms with Crippen molar-refractivity contribution in [3.63, 3.8) is 0 Å². The number of nitrogens with one attached hydrogen (secondary N) is 1. The summed E-state index contributed by atoms with van der Waals surface area (Å²) >= 11 is 1.37. The highest BCUT2D eigenvalue weighted by molar-refractivity contribution is 7.09. The summed E-state index contributed by atoms with van der Waals surface area (Å²) in [5.74, 6) is 0.866. The van der Waals surface area contributed by atoms with E-state index in [1.54, 1.807) is 7.11 Å². The van der Waals surface area contributed by atoms with Crippen LogP contribution in [0.4, 0.5) is 5.13 Å². The van der Waals surface area contributed by atoms with Crippen LogP contribution in [0.15, 0.2) is 0 Å². The summed E-state index contributed by atoms with van der Waals surface area (Å²) < 4.78 is 14.5. The zero-order valence-corrected chi connectivity index (χ0v) is 10.1. The first-order valence-corrected chi connectivity index (χ1v) is 6.01. The molecule has 0 amide bonds. The average molecular weight is 244 g/mol. The maximum Gasteiger partial charge on any atom is 0.204 e. The largest absolute Gasteiger partial charge is 0.379 e. The van der Waals surface area contributed by atoms with Crippen LogP contribution in [0.1, 0.15) is 5.82 Å². The van der Waals surface area contributed by atoms with Crippen LogP contribution in [-0.4, -0.2) is 54.4 Å². The molecule has 1 aliphatic heterocycles. The summed E-state index contributed by atoms with van der Waals surface area (Å²) in [6, 6.07) is 0. The summed E-state index contributed by atoms with van der Waals surface area (Å²) in [6.45, 7) is 4.79. The zero-order valence-electron chi connectivity index (χ0n) is 9.31. The Labute approximate surface area is 98.7 Å². The number of morpholine rings is 1. The van der Waals surface area contributed by atoms with E-state index in [1.165, 1.54) is 11.5 Å². The number of aromatic nitrogens is 2. The van der Waals surface area contributed by atoms with Crippen LogP contribution < -0.4 is 5.32 Å². The quantitative estimate of drug-likeness (QED) is 0.756. The molecule has 0 radical (unpaired) electrons. The minimum Gasteiger partial charge on any atom is -0.379 e. The Morgan fingerprint density at radius 2 is 2.31 bits per heavy atom. The monoisotopic (exact) mass is 244 g/mol. The lowest BCUT2D eigenvalue weighted by Gasteiger charge is -2.25. The molecule has 1 aliphatic rings. The predicted molar refractivity (Wildman–Crippen MR) is 61.5 cm³/mol. The second-order valence-electron chi connectivity index (χ2n) is 3.51. The van der Waals surface area contributed by atoms with E-state index < -0.39 is 0 Å². The molecule has 0 atom stereocenters. The molecule has 0 unspecified atom stereocenters. The fourth-order valence-electron chi connectivity index (χ4n) is 1.48. The molecule has 1 N–H and O–H groups in total. The molecule has 0 saturated carbocycles. The predicted octanol–water partition coefficient (Wildman–Crippen LogP) is 0.386. The second kappa shape index (κ2) is 6.09. The first-order chi connectivity index (χ1) is 7.88. The van der Waals surface area contributed by atoms with Crippen LogP contribution in [0, 0.1) is 0 Å². The number of methoxy groups -OCH3 is 1. The van der Waals surface area contributed by atoms with Crippen molar-refractivity contribution in [3.05, 3.63) is 5.82 Å². The van der Waals surface area contributed by atoms with E-state index in [-0.39, 0.29) is 0 Å². The molecule has 0 aromatic carbocycles. The van der Waals surface area contributed by atoms with Crippen LogP contribution >= 0.6 is 11.5 Å². The van der Waals surface area contributed by atoms with Crippen LogP contribution in [0.2, 0.25) is 0 Å². The van der Waals surface area contributed by atoms with Crippen molar-refractivity contribution in [2.24, 2.45) is 0 Å². The number of hydrogen-bond acceptors (Lipinski definition) is 7. The van der Waals surface area contributed by atoms with Crippen molar-refractivity contribution in [2.75, 3.05) is 45.5 Å². The molecular formula is C9H16N4O2S. The van der Waals surface area contributed by atoms with Gasteiger partial charge in [-0.25, -0.2) is 4.98 Å². The van der Waals surface area contributed by atoms with Gasteiger partial charge in [-0.2, -0.15) is 4.37 Å². The topological polar surface area (TPSA) is 59.5 Å². The highest BCUT2D eigenvalue weighted by Gasteiger charge is 2.13. The van der Waals surface area contributed by atoms with Gasteiger partial charge < -0.3 is 14.8 Å². The van der Waals surface area contributed by atoms with Crippen molar-refractivity contribution >= 4 is 16.7 Å². The molecule has 2 heterocycles. The van der Waals surface area contributed by atoms with Gasteiger partial charge in [0.15, 0.2) is 5.82 Å². The van der Waals surface area contributed by atoms with Crippen molar-refractivity contribution in [2.45, 2.75) is 6.54 Å². The molecular weight excluding hydrogens is 228 g/mol. The van der Waals surface area contributed by atoms with Gasteiger partial charge in [0.1, 0.15) is 6.73 Å². The molecule has 0 bridgehead atoms. The minimum atomic E-state index is 0.464. The second-order valence-corrected chi connectivity index (χ2v) is 4.27. The number of anilines is 1. The van der Waals surface area contributed by atoms with E-state index >= 15 is 0 Å². The molecule has 2 rings (SSSR count). The van der Waals surface area contributed by atoms with Gasteiger partial charge in [0.25, 0.3) is 0 Å². The van der Waals surface area contributed by atoms with Gasteiger partial charge >= 0.3 is 0 Å². The third-order valence-electron chi connectivity index (χ3n) is 2.30. The smallest absolute Gasteiger partial charge is 0.204 e. The number of nitrogens with zero attached hydrogens (tertiary/aromatic N) is 3. The first-order valence-electron chi connectivity index (χ1n) is 5.24. The zero-order chi connectivity index (χ0) is 11.2. The van der Waals surface area contributed by atoms with E-state index in [0.717, 1.165) is 43.8 Å². The highest BCUT2D eigenvalue weighted by atomic mass is 32.1. The highest BCUT2D eigenvalue weighted by Crippen LogP contribution is 2.12. The Kier molecular flexibility index (Phi) is 4.46. The molecule has 6 nitrogen and oxygen atoms in total. The Hall–Kier alpha value is -0.760. The molecule has 1 saturated heterocycles. The summed E-state index contributed by atoms with van der Waals surface area (Å²) in [7, 11) is 1.64. The average Bonchev–Trinajstić information content (AvgIpc) is 2.75. The lowest BCUT2D eigenvalue weighted by atomic mass is 10.4. The fraction of sp³-hybridized carbons (Fsp3) is 0.778. The number of hydrogen-bond donors (Lipinski definition) is 1. The maximum absolute atomic E-state index is 5.29. The van der Waals surface area contributed by atoms with Gasteiger partial charge in [-0.1, -0.05) is 0 Å². The lowest BCUT2D eigenvalue weighted by molar-refractivity contribution is 0.0332. The third kappa shape index (κ3) is 3.38. The number of rotatable bonds is 5. The van der Waals surface area contributed by atoms with Crippen LogP contribution in [-0.2, 0) is 16.0 Å². The summed E-state index contributed by atoms with van der Waals surface area (Å²) in [5, 5.41) is 3.84. The molecule has 7 heteroatoms. The Bertz CT molecular complexity index is 314. The van der Waals surface area contributed by atoms with Crippen molar-refractivity contribution in [3.8, 4) is 0 Å². The van der Waals surface area contributed by atoms with Gasteiger partial charge in [-0.15, -0.1) is 0 Å². The van der Waals surface area contributed by atoms with Crippen molar-refractivity contribution in [1.29, 1.82) is 0 Å². The molecule has 90 valence electrons. The van der Waals surface area contributed by atoms with Crippen molar-refractivity contribution in [1.82, 2.24) is 14.3 Å². The summed E-state index contributed by atoms with van der Waals surface area (Å²) in [4.78, 5) is 6.67. The lowest BCUT2D eigenvalue weighted by Crippen LogP contribution is -2.35. The Morgan fingerprint density at radius 3 is 3.06 bits per heavy atom. The fourth-order valence-corrected chi connectivity index (χ4v) is 2.04. The van der Waals surface area contributed by atoms with Crippen molar-refractivity contribution < 1.29 is 9.47 Å². The molecule has 1 aromatic heterocycles. The third-order valence-corrected chi connectivity index (χ3v) is 3.02. The van der Waals surface area contributed by atoms with E-state index in [0.29, 0.717) is 6.73 Å². The van der Waals surface area contributed by atoms with Gasteiger partial charge in [0.2, 0.25) is 5.13 Å². The van der Waals surface area contributed by atoms with E-state index in [2.05, 4.69) is 19.6 Å². The standard InChI is InChI=1S/C9H16N4O2S/c1-14-7-10-9-11-8(12-16-9)6-13-2-4-15-5-3-13/h2-7H2,1H3,(H,10,11,12). The van der Waals surface area contributed by atoms with Crippen LogP contribution in [0.25, 0.3) is 0 Å². The maximum atomic E-state index is 5.29. The van der Waals surface area contributed by atoms with E-state index in [9.17, 15) is 0 Å². The molecule has 1 fully saturated rings. The van der Waals surface area contributed by atoms with Gasteiger partial charge in [-0.3, -0.25) is 4.90 Å². The van der Waals surface area contributed by atoms with E-state index in [4.69, 9.17) is 9.47 Å². The molecule has 0 spiro atoms. The SMILES string of the molecule is COCNc1nc(CN2CCOCC2)ns1. The normalized spacial score (nSPS) is 17.6. The number of ether oxygens (including phenoxy) is 2. The van der Waals surface area contributed by atoms with Gasteiger partial charge in [0.05, 0.1) is 19.8 Å².